The molecule has 5 N–H and O–H groups in total. The molecule has 0 aromatic carbocycles. The van der Waals surface area contributed by atoms with Crippen molar-refractivity contribution in [3.63, 3.8) is 0 Å². The Morgan fingerprint density at radius 3 is 2.26 bits per heavy atom. The summed E-state index contributed by atoms with van der Waals surface area (Å²) in [5.74, 6) is -1.08. The fourth-order valence-corrected chi connectivity index (χ4v) is 1.87. The number of hydrogen-bond donors (Lipinski definition) is 4. The first-order valence-corrected chi connectivity index (χ1v) is 6.34. The summed E-state index contributed by atoms with van der Waals surface area (Å²) in [5, 5.41) is 14.0. The predicted octanol–water partition coefficient (Wildman–Crippen LogP) is 0.0504. The molecule has 7 heteroatoms. The van der Waals surface area contributed by atoms with E-state index in [4.69, 9.17) is 10.8 Å². The van der Waals surface area contributed by atoms with Gasteiger partial charge in [-0.1, -0.05) is 13.8 Å². The lowest BCUT2D eigenvalue weighted by Gasteiger charge is -2.20. The summed E-state index contributed by atoms with van der Waals surface area (Å²) >= 11 is 0. The third kappa shape index (κ3) is 4.42. The molecule has 0 saturated heterocycles. The third-order valence-corrected chi connectivity index (χ3v) is 3.25. The van der Waals surface area contributed by atoms with Crippen molar-refractivity contribution >= 4 is 17.9 Å². The summed E-state index contributed by atoms with van der Waals surface area (Å²) in [6, 6.07) is -1.48. The van der Waals surface area contributed by atoms with E-state index >= 15 is 0 Å². The molecule has 3 amide bonds. The van der Waals surface area contributed by atoms with Crippen molar-refractivity contribution < 1.29 is 19.5 Å². The Morgan fingerprint density at radius 1 is 1.32 bits per heavy atom. The van der Waals surface area contributed by atoms with E-state index in [9.17, 15) is 14.4 Å². The maximum atomic E-state index is 11.9. The van der Waals surface area contributed by atoms with E-state index in [-0.39, 0.29) is 18.4 Å². The van der Waals surface area contributed by atoms with E-state index in [2.05, 4.69) is 10.6 Å². The molecule has 108 valence electrons. The van der Waals surface area contributed by atoms with Crippen LogP contribution in [0.1, 0.15) is 33.1 Å². The molecule has 1 aliphatic rings. The van der Waals surface area contributed by atoms with Crippen molar-refractivity contribution in [2.45, 2.75) is 39.2 Å². The summed E-state index contributed by atoms with van der Waals surface area (Å²) in [6.45, 7) is 3.93. The van der Waals surface area contributed by atoms with Crippen LogP contribution in [0.3, 0.4) is 0 Å². The Bertz CT molecular complexity index is 377. The van der Waals surface area contributed by atoms with Crippen LogP contribution >= 0.6 is 0 Å². The van der Waals surface area contributed by atoms with Crippen molar-refractivity contribution in [1.82, 2.24) is 10.6 Å². The Morgan fingerprint density at radius 2 is 1.89 bits per heavy atom. The molecule has 0 heterocycles. The van der Waals surface area contributed by atoms with Gasteiger partial charge < -0.3 is 21.5 Å². The molecule has 0 aromatic rings. The SMILES string of the molecule is CC(C)CC(NC(N)=O)C(=O)NCC1(C(=O)O)CC1. The van der Waals surface area contributed by atoms with Crippen molar-refractivity contribution in [2.24, 2.45) is 17.1 Å². The molecule has 0 radical (unpaired) electrons. The highest BCUT2D eigenvalue weighted by atomic mass is 16.4. The third-order valence-electron chi connectivity index (χ3n) is 3.25. The summed E-state index contributed by atoms with van der Waals surface area (Å²) in [5.41, 5.74) is 4.21. The molecule has 1 fully saturated rings. The van der Waals surface area contributed by atoms with Crippen LogP contribution in [0.5, 0.6) is 0 Å². The smallest absolute Gasteiger partial charge is 0.312 e. The lowest BCUT2D eigenvalue weighted by Crippen LogP contribution is -2.50. The van der Waals surface area contributed by atoms with Gasteiger partial charge in [-0.15, -0.1) is 0 Å². The molecule has 0 aliphatic heterocycles. The number of nitrogens with one attached hydrogen (secondary N) is 2. The van der Waals surface area contributed by atoms with Crippen LogP contribution in [0.2, 0.25) is 0 Å². The van der Waals surface area contributed by atoms with Gasteiger partial charge in [0, 0.05) is 6.54 Å². The van der Waals surface area contributed by atoms with Crippen molar-refractivity contribution in [1.29, 1.82) is 0 Å². The van der Waals surface area contributed by atoms with Gasteiger partial charge in [-0.05, 0) is 25.2 Å². The van der Waals surface area contributed by atoms with E-state index in [1.165, 1.54) is 0 Å². The average molecular weight is 271 g/mol. The van der Waals surface area contributed by atoms with E-state index in [1.807, 2.05) is 13.8 Å². The Labute approximate surface area is 111 Å². The summed E-state index contributed by atoms with van der Waals surface area (Å²) in [7, 11) is 0. The van der Waals surface area contributed by atoms with Crippen LogP contribution in [-0.4, -0.2) is 35.6 Å². The normalized spacial score (nSPS) is 17.6. The number of hydrogen-bond acceptors (Lipinski definition) is 3. The second-order valence-electron chi connectivity index (χ2n) is 5.49. The number of primary amides is 1. The highest BCUT2D eigenvalue weighted by molar-refractivity contribution is 5.87. The first-order valence-electron chi connectivity index (χ1n) is 6.34. The monoisotopic (exact) mass is 271 g/mol. The van der Waals surface area contributed by atoms with Gasteiger partial charge in [0.15, 0.2) is 0 Å². The second kappa shape index (κ2) is 5.90. The van der Waals surface area contributed by atoms with E-state index in [0.717, 1.165) is 0 Å². The largest absolute Gasteiger partial charge is 0.481 e. The van der Waals surface area contributed by atoms with Crippen molar-refractivity contribution in [3.05, 3.63) is 0 Å². The van der Waals surface area contributed by atoms with Crippen LogP contribution in [-0.2, 0) is 9.59 Å². The molecular weight excluding hydrogens is 250 g/mol. The number of carboxylic acids is 1. The fourth-order valence-electron chi connectivity index (χ4n) is 1.87. The molecule has 1 unspecified atom stereocenters. The molecule has 1 aliphatic carbocycles. The zero-order valence-electron chi connectivity index (χ0n) is 11.2. The molecule has 7 nitrogen and oxygen atoms in total. The van der Waals surface area contributed by atoms with Crippen molar-refractivity contribution in [2.75, 3.05) is 6.54 Å². The lowest BCUT2D eigenvalue weighted by molar-refractivity contribution is -0.143. The Kier molecular flexibility index (Phi) is 4.74. The average Bonchev–Trinajstić information content (AvgIpc) is 3.04. The fraction of sp³-hybridized carbons (Fsp3) is 0.750. The molecule has 0 aromatic heterocycles. The number of aliphatic carboxylic acids is 1. The zero-order valence-corrected chi connectivity index (χ0v) is 11.2. The van der Waals surface area contributed by atoms with Crippen LogP contribution in [0.25, 0.3) is 0 Å². The minimum atomic E-state index is -0.893. The van der Waals surface area contributed by atoms with Crippen LogP contribution in [0.4, 0.5) is 4.79 Å². The van der Waals surface area contributed by atoms with Crippen LogP contribution in [0.15, 0.2) is 0 Å². The zero-order chi connectivity index (χ0) is 14.6. The minimum Gasteiger partial charge on any atom is -0.481 e. The number of urea groups is 1. The quantitative estimate of drug-likeness (QED) is 0.522. The van der Waals surface area contributed by atoms with Gasteiger partial charge >= 0.3 is 12.0 Å². The van der Waals surface area contributed by atoms with Gasteiger partial charge in [-0.25, -0.2) is 4.79 Å². The van der Waals surface area contributed by atoms with Gasteiger partial charge in [0.05, 0.1) is 5.41 Å². The Balaban J connectivity index is 2.52. The number of amides is 3. The minimum absolute atomic E-state index is 0.0935. The molecule has 19 heavy (non-hydrogen) atoms. The standard InChI is InChI=1S/C12H21N3O4/c1-7(2)5-8(15-11(13)19)9(16)14-6-12(3-4-12)10(17)18/h7-8H,3-6H2,1-2H3,(H,14,16)(H,17,18)(H3,13,15,19). The van der Waals surface area contributed by atoms with Gasteiger partial charge in [-0.2, -0.15) is 0 Å². The maximum absolute atomic E-state index is 11.9. The summed E-state index contributed by atoms with van der Waals surface area (Å²) in [6.07, 6.45) is 1.59. The first kappa shape index (κ1) is 15.3. The topological polar surface area (TPSA) is 122 Å². The van der Waals surface area contributed by atoms with E-state index in [0.29, 0.717) is 19.3 Å². The molecule has 1 saturated carbocycles. The van der Waals surface area contributed by atoms with Gasteiger partial charge in [0.2, 0.25) is 5.91 Å². The van der Waals surface area contributed by atoms with Gasteiger partial charge in [-0.3, -0.25) is 9.59 Å². The lowest BCUT2D eigenvalue weighted by atomic mass is 10.0. The van der Waals surface area contributed by atoms with Crippen LogP contribution < -0.4 is 16.4 Å². The maximum Gasteiger partial charge on any atom is 0.312 e. The number of nitrogens with two attached hydrogens (primary N) is 1. The number of carboxylic acid groups (broad SMARTS) is 1. The molecular formula is C12H21N3O4. The van der Waals surface area contributed by atoms with Gasteiger partial charge in [0.25, 0.3) is 0 Å². The van der Waals surface area contributed by atoms with Crippen molar-refractivity contribution in [3.8, 4) is 0 Å². The van der Waals surface area contributed by atoms with E-state index in [1.54, 1.807) is 0 Å². The highest BCUT2D eigenvalue weighted by Crippen LogP contribution is 2.45. The molecule has 0 bridgehead atoms. The first-order chi connectivity index (χ1) is 8.77. The summed E-state index contributed by atoms with van der Waals surface area (Å²) < 4.78 is 0. The summed E-state index contributed by atoms with van der Waals surface area (Å²) in [4.78, 5) is 33.8. The second-order valence-corrected chi connectivity index (χ2v) is 5.49. The van der Waals surface area contributed by atoms with E-state index < -0.39 is 23.5 Å². The van der Waals surface area contributed by atoms with Gasteiger partial charge in [0.1, 0.15) is 6.04 Å². The number of carbonyl (C=O) groups excluding carboxylic acids is 2. The molecule has 0 spiro atoms. The predicted molar refractivity (Wildman–Crippen MR) is 68.3 cm³/mol. The molecule has 1 atom stereocenters. The Hall–Kier alpha value is -1.79. The molecule has 1 rings (SSSR count). The number of rotatable bonds is 7. The highest BCUT2D eigenvalue weighted by Gasteiger charge is 2.50. The van der Waals surface area contributed by atoms with Crippen LogP contribution in [0, 0.1) is 11.3 Å². The number of carbonyl (C=O) groups is 3.